The Morgan fingerprint density at radius 3 is 2.67 bits per heavy atom. The Morgan fingerprint density at radius 2 is 1.96 bits per heavy atom. The standard InChI is InChI=1S/C17H17N5O2/c1-17(16(23)24)9-10-21(11-17)14-8-7-13-18-19-15(22(13)20-14)12-5-3-2-4-6-12/h2-8H,9-11H2,1H3,(H,23,24). The number of benzene rings is 1. The Bertz CT molecular complexity index is 908. The summed E-state index contributed by atoms with van der Waals surface area (Å²) in [7, 11) is 0. The lowest BCUT2D eigenvalue weighted by molar-refractivity contribution is -0.146. The van der Waals surface area contributed by atoms with Gasteiger partial charge in [0, 0.05) is 18.7 Å². The Hall–Kier alpha value is -2.96. The third-order valence-electron chi connectivity index (χ3n) is 4.59. The maximum absolute atomic E-state index is 11.4. The second kappa shape index (κ2) is 5.30. The molecule has 0 spiro atoms. The molecule has 1 aliphatic rings. The van der Waals surface area contributed by atoms with Gasteiger partial charge in [0.05, 0.1) is 5.41 Å². The second-order valence-corrected chi connectivity index (χ2v) is 6.39. The number of hydrogen-bond acceptors (Lipinski definition) is 5. The van der Waals surface area contributed by atoms with Gasteiger partial charge in [0.15, 0.2) is 11.5 Å². The average molecular weight is 323 g/mol. The van der Waals surface area contributed by atoms with Crippen LogP contribution in [0.5, 0.6) is 0 Å². The van der Waals surface area contributed by atoms with Crippen molar-refractivity contribution in [2.24, 2.45) is 5.41 Å². The van der Waals surface area contributed by atoms with Crippen LogP contribution in [0.1, 0.15) is 13.3 Å². The van der Waals surface area contributed by atoms with E-state index in [1.165, 1.54) is 0 Å². The minimum absolute atomic E-state index is 0.448. The summed E-state index contributed by atoms with van der Waals surface area (Å²) in [5.74, 6) is 0.650. The van der Waals surface area contributed by atoms with Crippen LogP contribution in [0.2, 0.25) is 0 Å². The van der Waals surface area contributed by atoms with Crippen LogP contribution in [0, 0.1) is 5.41 Å². The number of aliphatic carboxylic acids is 1. The Kier molecular flexibility index (Phi) is 3.23. The molecular formula is C17H17N5O2. The zero-order valence-corrected chi connectivity index (χ0v) is 13.3. The van der Waals surface area contributed by atoms with E-state index in [-0.39, 0.29) is 0 Å². The molecule has 0 aliphatic carbocycles. The highest BCUT2D eigenvalue weighted by atomic mass is 16.4. The van der Waals surface area contributed by atoms with Gasteiger partial charge in [-0.1, -0.05) is 30.3 Å². The van der Waals surface area contributed by atoms with E-state index in [0.29, 0.717) is 31.0 Å². The largest absolute Gasteiger partial charge is 0.481 e. The van der Waals surface area contributed by atoms with E-state index in [1.54, 1.807) is 11.4 Å². The van der Waals surface area contributed by atoms with E-state index >= 15 is 0 Å². The maximum atomic E-state index is 11.4. The van der Waals surface area contributed by atoms with Crippen LogP contribution in [-0.4, -0.2) is 44.0 Å². The van der Waals surface area contributed by atoms with Crippen LogP contribution in [0.15, 0.2) is 42.5 Å². The van der Waals surface area contributed by atoms with Gasteiger partial charge in [0.25, 0.3) is 0 Å². The molecule has 3 aromatic rings. The molecule has 7 nitrogen and oxygen atoms in total. The Balaban J connectivity index is 1.73. The smallest absolute Gasteiger partial charge is 0.311 e. The molecule has 1 aromatic carbocycles. The van der Waals surface area contributed by atoms with Gasteiger partial charge < -0.3 is 10.0 Å². The van der Waals surface area contributed by atoms with Crippen molar-refractivity contribution in [3.05, 3.63) is 42.5 Å². The molecule has 1 atom stereocenters. The summed E-state index contributed by atoms with van der Waals surface area (Å²) in [6.07, 6.45) is 0.607. The predicted octanol–water partition coefficient (Wildman–Crippen LogP) is 2.09. The van der Waals surface area contributed by atoms with Gasteiger partial charge in [-0.3, -0.25) is 4.79 Å². The fraction of sp³-hybridized carbons (Fsp3) is 0.294. The summed E-state index contributed by atoms with van der Waals surface area (Å²) in [6, 6.07) is 13.5. The van der Waals surface area contributed by atoms with Crippen LogP contribution < -0.4 is 4.90 Å². The molecule has 1 fully saturated rings. The molecular weight excluding hydrogens is 306 g/mol. The highest BCUT2D eigenvalue weighted by Gasteiger charge is 2.41. The van der Waals surface area contributed by atoms with E-state index in [0.717, 1.165) is 11.4 Å². The molecule has 7 heteroatoms. The third-order valence-corrected chi connectivity index (χ3v) is 4.59. The summed E-state index contributed by atoms with van der Waals surface area (Å²) < 4.78 is 1.71. The molecule has 2 aromatic heterocycles. The minimum Gasteiger partial charge on any atom is -0.481 e. The van der Waals surface area contributed by atoms with Crippen molar-refractivity contribution < 1.29 is 9.90 Å². The van der Waals surface area contributed by atoms with Gasteiger partial charge in [-0.25, -0.2) is 0 Å². The van der Waals surface area contributed by atoms with E-state index in [4.69, 9.17) is 0 Å². The summed E-state index contributed by atoms with van der Waals surface area (Å²) in [6.45, 7) is 2.90. The van der Waals surface area contributed by atoms with Crippen LogP contribution in [0.4, 0.5) is 5.82 Å². The first-order chi connectivity index (χ1) is 11.6. The van der Waals surface area contributed by atoms with E-state index in [9.17, 15) is 9.90 Å². The average Bonchev–Trinajstić information content (AvgIpc) is 3.20. The predicted molar refractivity (Wildman–Crippen MR) is 88.8 cm³/mol. The highest BCUT2D eigenvalue weighted by molar-refractivity contribution is 5.76. The Labute approximate surface area is 138 Å². The summed E-state index contributed by atoms with van der Waals surface area (Å²) in [4.78, 5) is 13.4. The summed E-state index contributed by atoms with van der Waals surface area (Å²) >= 11 is 0. The quantitative estimate of drug-likeness (QED) is 0.794. The third kappa shape index (κ3) is 2.29. The van der Waals surface area contributed by atoms with Gasteiger partial charge in [0.1, 0.15) is 5.82 Å². The zero-order chi connectivity index (χ0) is 16.7. The second-order valence-electron chi connectivity index (χ2n) is 6.39. The number of fused-ring (bicyclic) bond motifs is 1. The van der Waals surface area contributed by atoms with Crippen molar-refractivity contribution in [2.75, 3.05) is 18.0 Å². The molecule has 122 valence electrons. The molecule has 1 aliphatic heterocycles. The SMILES string of the molecule is CC1(C(=O)O)CCN(c2ccc3nnc(-c4ccccc4)n3n2)C1. The van der Waals surface area contributed by atoms with E-state index < -0.39 is 11.4 Å². The van der Waals surface area contributed by atoms with Gasteiger partial charge in [-0.05, 0) is 25.5 Å². The molecule has 0 bridgehead atoms. The number of nitrogens with zero attached hydrogens (tertiary/aromatic N) is 5. The first-order valence-electron chi connectivity index (χ1n) is 7.83. The zero-order valence-electron chi connectivity index (χ0n) is 13.3. The van der Waals surface area contributed by atoms with Crippen molar-refractivity contribution in [3.8, 4) is 11.4 Å². The number of rotatable bonds is 3. The topological polar surface area (TPSA) is 83.6 Å². The normalized spacial score (nSPS) is 20.6. The molecule has 3 heterocycles. The molecule has 1 unspecified atom stereocenters. The van der Waals surface area contributed by atoms with E-state index in [2.05, 4.69) is 15.3 Å². The minimum atomic E-state index is -0.764. The van der Waals surface area contributed by atoms with Crippen molar-refractivity contribution in [2.45, 2.75) is 13.3 Å². The fourth-order valence-electron chi connectivity index (χ4n) is 3.05. The molecule has 0 radical (unpaired) electrons. The number of carbonyl (C=O) groups is 1. The van der Waals surface area contributed by atoms with Crippen LogP contribution in [-0.2, 0) is 4.79 Å². The molecule has 24 heavy (non-hydrogen) atoms. The lowest BCUT2D eigenvalue weighted by atomic mass is 9.90. The Morgan fingerprint density at radius 1 is 1.17 bits per heavy atom. The highest BCUT2D eigenvalue weighted by Crippen LogP contribution is 2.32. The molecule has 0 saturated carbocycles. The van der Waals surface area contributed by atoms with Crippen molar-refractivity contribution in [1.82, 2.24) is 19.8 Å². The number of aromatic nitrogens is 4. The molecule has 1 saturated heterocycles. The van der Waals surface area contributed by atoms with Crippen molar-refractivity contribution in [3.63, 3.8) is 0 Å². The van der Waals surface area contributed by atoms with Crippen LogP contribution >= 0.6 is 0 Å². The lowest BCUT2D eigenvalue weighted by Crippen LogP contribution is -2.32. The number of carboxylic acids is 1. The first kappa shape index (κ1) is 14.6. The number of anilines is 1. The summed E-state index contributed by atoms with van der Waals surface area (Å²) in [5.41, 5.74) is 0.871. The summed E-state index contributed by atoms with van der Waals surface area (Å²) in [5, 5.41) is 22.4. The van der Waals surface area contributed by atoms with Gasteiger partial charge in [-0.2, -0.15) is 4.52 Å². The van der Waals surface area contributed by atoms with Gasteiger partial charge >= 0.3 is 5.97 Å². The number of carboxylic acid groups (broad SMARTS) is 1. The van der Waals surface area contributed by atoms with Crippen LogP contribution in [0.25, 0.3) is 17.0 Å². The maximum Gasteiger partial charge on any atom is 0.311 e. The van der Waals surface area contributed by atoms with Crippen LogP contribution in [0.3, 0.4) is 0 Å². The number of hydrogen-bond donors (Lipinski definition) is 1. The fourth-order valence-corrected chi connectivity index (χ4v) is 3.05. The van der Waals surface area contributed by atoms with Gasteiger partial charge in [0.2, 0.25) is 0 Å². The van der Waals surface area contributed by atoms with E-state index in [1.807, 2.05) is 47.4 Å². The first-order valence-corrected chi connectivity index (χ1v) is 7.83. The molecule has 1 N–H and O–H groups in total. The molecule has 0 amide bonds. The van der Waals surface area contributed by atoms with Crippen molar-refractivity contribution in [1.29, 1.82) is 0 Å². The van der Waals surface area contributed by atoms with Crippen molar-refractivity contribution >= 4 is 17.4 Å². The lowest BCUT2D eigenvalue weighted by Gasteiger charge is -2.20. The molecule has 4 rings (SSSR count). The monoisotopic (exact) mass is 323 g/mol. The van der Waals surface area contributed by atoms with Gasteiger partial charge in [-0.15, -0.1) is 15.3 Å².